The van der Waals surface area contributed by atoms with Gasteiger partial charge in [0.2, 0.25) is 0 Å². The van der Waals surface area contributed by atoms with Crippen LogP contribution in [0.1, 0.15) is 28.7 Å². The van der Waals surface area contributed by atoms with Gasteiger partial charge in [0.1, 0.15) is 10.9 Å². The fourth-order valence-electron chi connectivity index (χ4n) is 1.21. The SMILES string of the molecule is CCc1nnsc1C(=O)NC(CC(=O)O)C(=O)O. The molecule has 0 aromatic carbocycles. The van der Waals surface area contributed by atoms with Gasteiger partial charge in [0.05, 0.1) is 12.1 Å². The van der Waals surface area contributed by atoms with E-state index in [1.54, 1.807) is 6.92 Å². The molecule has 0 saturated heterocycles. The summed E-state index contributed by atoms with van der Waals surface area (Å²) >= 11 is 0.841. The van der Waals surface area contributed by atoms with Crippen LogP contribution in [0.4, 0.5) is 0 Å². The van der Waals surface area contributed by atoms with Crippen molar-refractivity contribution in [3.8, 4) is 0 Å². The van der Waals surface area contributed by atoms with Gasteiger partial charge in [-0.2, -0.15) is 0 Å². The van der Waals surface area contributed by atoms with Crippen molar-refractivity contribution >= 4 is 29.4 Å². The number of aromatic nitrogens is 2. The van der Waals surface area contributed by atoms with Gasteiger partial charge < -0.3 is 15.5 Å². The number of carbonyl (C=O) groups is 3. The molecule has 9 heteroatoms. The van der Waals surface area contributed by atoms with Gasteiger partial charge in [-0.1, -0.05) is 11.4 Å². The number of hydrogen-bond donors (Lipinski definition) is 3. The number of hydrogen-bond acceptors (Lipinski definition) is 6. The molecule has 0 aliphatic carbocycles. The Kier molecular flexibility index (Phi) is 4.72. The molecular weight excluding hydrogens is 262 g/mol. The average molecular weight is 273 g/mol. The maximum atomic E-state index is 11.7. The molecule has 1 amide bonds. The second-order valence-corrected chi connectivity index (χ2v) is 4.12. The lowest BCUT2D eigenvalue weighted by Gasteiger charge is -2.11. The van der Waals surface area contributed by atoms with Gasteiger partial charge in [-0.05, 0) is 18.0 Å². The minimum atomic E-state index is -1.47. The highest BCUT2D eigenvalue weighted by Crippen LogP contribution is 2.11. The molecule has 3 N–H and O–H groups in total. The third-order valence-corrected chi connectivity index (χ3v) is 2.85. The Hall–Kier alpha value is -2.03. The molecule has 1 rings (SSSR count). The molecule has 1 aromatic rings. The van der Waals surface area contributed by atoms with E-state index in [2.05, 4.69) is 14.9 Å². The maximum Gasteiger partial charge on any atom is 0.326 e. The van der Waals surface area contributed by atoms with E-state index in [9.17, 15) is 14.4 Å². The summed E-state index contributed by atoms with van der Waals surface area (Å²) in [6.45, 7) is 1.78. The lowest BCUT2D eigenvalue weighted by Crippen LogP contribution is -2.42. The van der Waals surface area contributed by atoms with Crippen LogP contribution in [0, 0.1) is 0 Å². The van der Waals surface area contributed by atoms with Gasteiger partial charge in [0, 0.05) is 0 Å². The number of aryl methyl sites for hydroxylation is 1. The third kappa shape index (κ3) is 3.48. The molecular formula is C9H11N3O5S. The largest absolute Gasteiger partial charge is 0.481 e. The number of carboxylic acids is 2. The Morgan fingerprint density at radius 1 is 1.39 bits per heavy atom. The van der Waals surface area contributed by atoms with Crippen molar-refractivity contribution in [3.63, 3.8) is 0 Å². The summed E-state index contributed by atoms with van der Waals surface area (Å²) in [5, 5.41) is 23.2. The number of aliphatic carboxylic acids is 2. The minimum absolute atomic E-state index is 0.203. The van der Waals surface area contributed by atoms with Crippen LogP contribution < -0.4 is 5.32 Å². The second kappa shape index (κ2) is 6.05. The first kappa shape index (κ1) is 14.0. The molecule has 0 aliphatic heterocycles. The van der Waals surface area contributed by atoms with Crippen LogP contribution in [-0.2, 0) is 16.0 Å². The van der Waals surface area contributed by atoms with Gasteiger partial charge in [-0.15, -0.1) is 5.10 Å². The zero-order valence-corrected chi connectivity index (χ0v) is 10.2. The predicted octanol–water partition coefficient (Wildman–Crippen LogP) is -0.242. The van der Waals surface area contributed by atoms with Gasteiger partial charge in [-0.25, -0.2) is 4.79 Å². The summed E-state index contributed by atoms with van der Waals surface area (Å²) in [6, 6.07) is -1.47. The van der Waals surface area contributed by atoms with Crippen molar-refractivity contribution in [1.82, 2.24) is 14.9 Å². The first-order valence-electron chi connectivity index (χ1n) is 5.02. The Morgan fingerprint density at radius 2 is 2.06 bits per heavy atom. The maximum absolute atomic E-state index is 11.7. The van der Waals surface area contributed by atoms with E-state index in [0.29, 0.717) is 12.1 Å². The molecule has 0 aliphatic rings. The zero-order chi connectivity index (χ0) is 13.7. The van der Waals surface area contributed by atoms with E-state index >= 15 is 0 Å². The van der Waals surface area contributed by atoms with Crippen molar-refractivity contribution in [2.24, 2.45) is 0 Å². The summed E-state index contributed by atoms with van der Waals surface area (Å²) < 4.78 is 3.59. The minimum Gasteiger partial charge on any atom is -0.481 e. The van der Waals surface area contributed by atoms with Crippen LogP contribution in [0.5, 0.6) is 0 Å². The number of carboxylic acid groups (broad SMARTS) is 2. The standard InChI is InChI=1S/C9H11N3O5S/c1-2-4-7(18-12-11-4)8(15)10-5(9(16)17)3-6(13)14/h5H,2-3H2,1H3,(H,10,15)(H,13,14)(H,16,17). The highest BCUT2D eigenvalue weighted by atomic mass is 32.1. The number of amides is 1. The zero-order valence-electron chi connectivity index (χ0n) is 9.41. The Labute approximate surface area is 106 Å². The summed E-state index contributed by atoms with van der Waals surface area (Å²) in [4.78, 5) is 33.2. The van der Waals surface area contributed by atoms with Crippen LogP contribution in [0.25, 0.3) is 0 Å². The van der Waals surface area contributed by atoms with Crippen molar-refractivity contribution in [2.75, 3.05) is 0 Å². The first-order valence-corrected chi connectivity index (χ1v) is 5.79. The van der Waals surface area contributed by atoms with E-state index in [1.807, 2.05) is 0 Å². The molecule has 0 saturated carbocycles. The molecule has 18 heavy (non-hydrogen) atoms. The van der Waals surface area contributed by atoms with Gasteiger partial charge in [-0.3, -0.25) is 9.59 Å². The van der Waals surface area contributed by atoms with Crippen molar-refractivity contribution in [2.45, 2.75) is 25.8 Å². The molecule has 1 aromatic heterocycles. The monoisotopic (exact) mass is 273 g/mol. The van der Waals surface area contributed by atoms with Crippen molar-refractivity contribution in [3.05, 3.63) is 10.6 Å². The van der Waals surface area contributed by atoms with Crippen LogP contribution in [0.15, 0.2) is 0 Å². The van der Waals surface area contributed by atoms with E-state index in [-0.39, 0.29) is 4.88 Å². The van der Waals surface area contributed by atoms with E-state index < -0.39 is 30.3 Å². The van der Waals surface area contributed by atoms with Crippen molar-refractivity contribution in [1.29, 1.82) is 0 Å². The normalized spacial score (nSPS) is 11.8. The lowest BCUT2D eigenvalue weighted by molar-refractivity contribution is -0.145. The fourth-order valence-corrected chi connectivity index (χ4v) is 1.86. The molecule has 0 radical (unpaired) electrons. The Morgan fingerprint density at radius 3 is 2.56 bits per heavy atom. The van der Waals surface area contributed by atoms with Crippen LogP contribution >= 0.6 is 11.5 Å². The molecule has 98 valence electrons. The third-order valence-electron chi connectivity index (χ3n) is 2.08. The number of nitrogens with zero attached hydrogens (tertiary/aromatic N) is 2. The summed E-state index contributed by atoms with van der Waals surface area (Å²) in [7, 11) is 0. The first-order chi connectivity index (χ1) is 8.45. The number of nitrogens with one attached hydrogen (secondary N) is 1. The van der Waals surface area contributed by atoms with Crippen molar-refractivity contribution < 1.29 is 24.6 Å². The highest BCUT2D eigenvalue weighted by molar-refractivity contribution is 7.08. The Balaban J connectivity index is 2.78. The van der Waals surface area contributed by atoms with Gasteiger partial charge >= 0.3 is 11.9 Å². The lowest BCUT2D eigenvalue weighted by atomic mass is 10.2. The summed E-state index contributed by atoms with van der Waals surface area (Å²) in [6.07, 6.45) is -0.204. The van der Waals surface area contributed by atoms with Gasteiger partial charge in [0.25, 0.3) is 5.91 Å². The topological polar surface area (TPSA) is 129 Å². The Bertz CT molecular complexity index is 473. The molecule has 1 atom stereocenters. The number of rotatable bonds is 6. The summed E-state index contributed by atoms with van der Waals surface area (Å²) in [5.74, 6) is -3.38. The molecule has 1 unspecified atom stereocenters. The van der Waals surface area contributed by atoms with E-state index in [0.717, 1.165) is 11.5 Å². The smallest absolute Gasteiger partial charge is 0.326 e. The molecule has 8 nitrogen and oxygen atoms in total. The van der Waals surface area contributed by atoms with Gasteiger partial charge in [0.15, 0.2) is 0 Å². The summed E-state index contributed by atoms with van der Waals surface area (Å²) in [5.41, 5.74) is 0.456. The molecule has 0 spiro atoms. The highest BCUT2D eigenvalue weighted by Gasteiger charge is 2.25. The van der Waals surface area contributed by atoms with Crippen LogP contribution in [-0.4, -0.2) is 43.7 Å². The second-order valence-electron chi connectivity index (χ2n) is 3.36. The molecule has 0 bridgehead atoms. The number of carbonyl (C=O) groups excluding carboxylic acids is 1. The predicted molar refractivity (Wildman–Crippen MR) is 60.4 cm³/mol. The van der Waals surface area contributed by atoms with Crippen LogP contribution in [0.2, 0.25) is 0 Å². The molecule has 0 fully saturated rings. The average Bonchev–Trinajstić information content (AvgIpc) is 2.75. The van der Waals surface area contributed by atoms with E-state index in [1.165, 1.54) is 0 Å². The fraction of sp³-hybridized carbons (Fsp3) is 0.444. The van der Waals surface area contributed by atoms with E-state index in [4.69, 9.17) is 10.2 Å². The molecule has 1 heterocycles. The quantitative estimate of drug-likeness (QED) is 0.652. The van der Waals surface area contributed by atoms with Crippen LogP contribution in [0.3, 0.4) is 0 Å².